The van der Waals surface area contributed by atoms with Crippen LogP contribution >= 0.6 is 0 Å². The molecule has 9 atom stereocenters. The van der Waals surface area contributed by atoms with E-state index < -0.39 is 82.7 Å². The van der Waals surface area contributed by atoms with Crippen LogP contribution in [0.4, 0.5) is 5.69 Å². The molecule has 0 fully saturated rings. The number of aromatic hydroxyl groups is 1. The number of esters is 1. The lowest BCUT2D eigenvalue weighted by Gasteiger charge is -2.38. The number of phenolic OH excluding ortho intramolecular Hbond substituents is 1. The summed E-state index contributed by atoms with van der Waals surface area (Å²) >= 11 is 0. The number of amides is 1. The molecule has 1 amide bonds. The van der Waals surface area contributed by atoms with Crippen LogP contribution in [0, 0.1) is 30.6 Å². The molecular formula is C46H54N2O13. The zero-order valence-electron chi connectivity index (χ0n) is 36.2. The summed E-state index contributed by atoms with van der Waals surface area (Å²) in [5.74, 6) is -6.79. The van der Waals surface area contributed by atoms with Gasteiger partial charge in [0.2, 0.25) is 5.43 Å². The minimum atomic E-state index is -2.03. The van der Waals surface area contributed by atoms with Crippen LogP contribution in [0.1, 0.15) is 78.2 Å². The average Bonchev–Trinajstić information content (AvgIpc) is 3.48. The Balaban J connectivity index is 1.59. The molecule has 0 saturated carbocycles. The lowest BCUT2D eigenvalue weighted by Crippen LogP contribution is -2.46. The second kappa shape index (κ2) is 17.3. The van der Waals surface area contributed by atoms with E-state index in [0.29, 0.717) is 11.3 Å². The van der Waals surface area contributed by atoms with Crippen LogP contribution in [0.3, 0.4) is 0 Å². The number of nitrogens with zero attached hydrogens (tertiary/aromatic N) is 1. The Morgan fingerprint density at radius 1 is 0.984 bits per heavy atom. The number of nitrogens with one attached hydrogen (secondary N) is 1. The summed E-state index contributed by atoms with van der Waals surface area (Å²) in [4.78, 5) is 60.4. The number of methoxy groups -OCH3 is 1. The molecule has 0 radical (unpaired) electrons. The normalized spacial score (nSPS) is 29.6. The van der Waals surface area contributed by atoms with Gasteiger partial charge in [-0.05, 0) is 45.9 Å². The van der Waals surface area contributed by atoms with Crippen LogP contribution in [0.25, 0.3) is 33.3 Å². The topological polar surface area (TPSA) is 213 Å². The van der Waals surface area contributed by atoms with Gasteiger partial charge in [-0.2, -0.15) is 0 Å². The van der Waals surface area contributed by atoms with Crippen molar-refractivity contribution in [2.75, 3.05) is 12.4 Å². The number of Topliss-reactive ketones (excluding diaryl/α,β-unsaturated/α-hetero) is 1. The van der Waals surface area contributed by atoms with Gasteiger partial charge in [0, 0.05) is 67.2 Å². The number of aromatic nitrogens is 1. The van der Waals surface area contributed by atoms with Crippen LogP contribution in [0.5, 0.6) is 17.2 Å². The van der Waals surface area contributed by atoms with Crippen LogP contribution in [0.15, 0.2) is 63.6 Å². The molecule has 3 heterocycles. The van der Waals surface area contributed by atoms with Crippen molar-refractivity contribution in [2.24, 2.45) is 23.7 Å². The van der Waals surface area contributed by atoms with Crippen molar-refractivity contribution >= 4 is 45.2 Å². The molecule has 1 aliphatic carbocycles. The maximum Gasteiger partial charge on any atom is 0.312 e. The smallest absolute Gasteiger partial charge is 0.312 e. The quantitative estimate of drug-likeness (QED) is 0.0953. The minimum Gasteiger partial charge on any atom is -0.507 e. The largest absolute Gasteiger partial charge is 0.507 e. The van der Waals surface area contributed by atoms with Gasteiger partial charge in [-0.1, -0.05) is 45.9 Å². The number of aliphatic hydroxyl groups is 2. The van der Waals surface area contributed by atoms with Crippen molar-refractivity contribution in [1.29, 1.82) is 0 Å². The molecule has 326 valence electrons. The summed E-state index contributed by atoms with van der Waals surface area (Å²) in [6.45, 7) is 16.3. The zero-order valence-corrected chi connectivity index (χ0v) is 36.2. The number of benzene rings is 3. The Hall–Kier alpha value is -5.77. The average molecular weight is 843 g/mol. The number of ether oxygens (including phenoxy) is 5. The fourth-order valence-electron chi connectivity index (χ4n) is 8.13. The molecule has 4 aliphatic rings. The molecule has 4 bridgehead atoms. The van der Waals surface area contributed by atoms with Gasteiger partial charge in [0.05, 0.1) is 41.6 Å². The molecule has 2 aromatic carbocycles. The van der Waals surface area contributed by atoms with E-state index in [1.54, 1.807) is 58.0 Å². The van der Waals surface area contributed by atoms with E-state index >= 15 is 0 Å². The first kappa shape index (κ1) is 44.8. The first-order valence-electron chi connectivity index (χ1n) is 20.3. The number of allylic oxidation sites excluding steroid dienone is 2. The van der Waals surface area contributed by atoms with E-state index in [0.717, 1.165) is 0 Å². The number of hydrogen-bond donors (Lipinski definition) is 4. The van der Waals surface area contributed by atoms with E-state index in [1.807, 2.05) is 13.8 Å². The Morgan fingerprint density at radius 3 is 2.34 bits per heavy atom. The van der Waals surface area contributed by atoms with Gasteiger partial charge >= 0.3 is 11.8 Å². The summed E-state index contributed by atoms with van der Waals surface area (Å²) in [5.41, 5.74) is -0.562. The lowest BCUT2D eigenvalue weighted by atomic mass is 9.78. The third-order valence-corrected chi connectivity index (χ3v) is 11.7. The summed E-state index contributed by atoms with van der Waals surface area (Å²) in [5, 5.41) is 36.9. The first-order valence-corrected chi connectivity index (χ1v) is 20.3. The van der Waals surface area contributed by atoms with Crippen LogP contribution in [0.2, 0.25) is 0 Å². The van der Waals surface area contributed by atoms with E-state index in [4.69, 9.17) is 33.1 Å². The van der Waals surface area contributed by atoms with E-state index in [1.165, 1.54) is 53.2 Å². The predicted octanol–water partition coefficient (Wildman–Crippen LogP) is 6.74. The number of ketones is 1. The SMILES string of the molecule is CO[C@H]1/C=C/O[C@@]2(C)Oc3c(C)c(O)c4c(=O)c(c5oc6cc(OC(C)C)ccc6nc-5c4c3C2=O)NC(=O)/C(C)=C\C=C\[C@H](C)[C@H](O)[C@@H](C)[C@@H](O)[C@@H](C)[C@H](OC(C)=O)[C@@H]1C. The second-order valence-electron chi connectivity index (χ2n) is 16.5. The number of aliphatic hydroxyl groups excluding tert-OH is 2. The molecule has 0 aromatic heterocycles. The molecule has 3 aliphatic heterocycles. The van der Waals surface area contributed by atoms with Crippen molar-refractivity contribution in [2.45, 2.75) is 106 Å². The molecule has 0 saturated heterocycles. The summed E-state index contributed by atoms with van der Waals surface area (Å²) < 4.78 is 36.0. The number of carbonyl (C=O) groups is 3. The van der Waals surface area contributed by atoms with Crippen molar-refractivity contribution in [3.05, 3.63) is 75.7 Å². The number of fused-ring (bicyclic) bond motifs is 2. The van der Waals surface area contributed by atoms with Gasteiger partial charge in [0.15, 0.2) is 11.3 Å². The molecule has 61 heavy (non-hydrogen) atoms. The molecule has 4 N–H and O–H groups in total. The molecule has 15 heteroatoms. The zero-order chi connectivity index (χ0) is 44.8. The highest BCUT2D eigenvalue weighted by atomic mass is 16.7. The Kier molecular flexibility index (Phi) is 12.7. The Morgan fingerprint density at radius 2 is 1.69 bits per heavy atom. The summed E-state index contributed by atoms with van der Waals surface area (Å²) in [7, 11) is 1.44. The highest BCUT2D eigenvalue weighted by Gasteiger charge is 2.50. The number of carbonyl (C=O) groups excluding carboxylic acids is 3. The molecule has 0 spiro atoms. The van der Waals surface area contributed by atoms with Crippen LogP contribution in [-0.2, 0) is 23.8 Å². The van der Waals surface area contributed by atoms with Crippen molar-refractivity contribution in [3.63, 3.8) is 0 Å². The number of rotatable bonds is 4. The van der Waals surface area contributed by atoms with Gasteiger partial charge in [0.1, 0.15) is 40.3 Å². The Labute approximate surface area is 353 Å². The predicted molar refractivity (Wildman–Crippen MR) is 227 cm³/mol. The number of hydrogen-bond acceptors (Lipinski definition) is 14. The van der Waals surface area contributed by atoms with Crippen LogP contribution < -0.4 is 20.2 Å². The molecule has 0 unspecified atom stereocenters. The lowest BCUT2D eigenvalue weighted by molar-refractivity contribution is -0.160. The Bertz CT molecular complexity index is 2500. The standard InChI is InChI=1S/C46H54N2O13/c1-20(2)58-28-15-16-29-31(19-28)60-43-35(47-29)32-33-39(52)26(8)42-34(32)44(54)46(10,61-42)57-18-17-30(56-11)23(5)41(59-27(9)49)25(7)38(51)24(6)37(50)21(3)13-12-14-22(4)45(55)48-36(43)40(33)53/h12-21,23-25,30,37-38,41,50-52H,1-11H3,(H,48,55)/b13-12+,18-17+,22-14-/t21-,23+,24+,25+,30-,37-,38+,41+,46-/m0/s1. The molecular weight excluding hydrogens is 789 g/mol. The number of phenols is 1. The van der Waals surface area contributed by atoms with Gasteiger partial charge in [-0.25, -0.2) is 4.98 Å². The van der Waals surface area contributed by atoms with E-state index in [-0.39, 0.29) is 62.1 Å². The monoisotopic (exact) mass is 842 g/mol. The van der Waals surface area contributed by atoms with E-state index in [2.05, 4.69) is 5.32 Å². The van der Waals surface area contributed by atoms with Crippen molar-refractivity contribution in [3.8, 4) is 28.7 Å². The minimum absolute atomic E-state index is 0.0211. The highest BCUT2D eigenvalue weighted by molar-refractivity contribution is 6.22. The van der Waals surface area contributed by atoms with Crippen molar-refractivity contribution in [1.82, 2.24) is 4.98 Å². The first-order chi connectivity index (χ1) is 28.7. The third-order valence-electron chi connectivity index (χ3n) is 11.7. The van der Waals surface area contributed by atoms with Gasteiger partial charge in [-0.3, -0.25) is 19.2 Å². The molecule has 15 nitrogen and oxygen atoms in total. The molecule has 6 rings (SSSR count). The fourth-order valence-corrected chi connectivity index (χ4v) is 8.13. The van der Waals surface area contributed by atoms with Gasteiger partial charge in [0.25, 0.3) is 11.7 Å². The van der Waals surface area contributed by atoms with Gasteiger partial charge < -0.3 is 48.7 Å². The highest BCUT2D eigenvalue weighted by Crippen LogP contribution is 2.50. The molecule has 2 aromatic rings. The fraction of sp³-hybridized carbons (Fsp3) is 0.457. The van der Waals surface area contributed by atoms with Crippen LogP contribution in [-0.4, -0.2) is 81.4 Å². The number of anilines is 1. The second-order valence-corrected chi connectivity index (χ2v) is 16.5. The summed E-state index contributed by atoms with van der Waals surface area (Å²) in [6, 6.07) is 4.93. The van der Waals surface area contributed by atoms with E-state index in [9.17, 15) is 34.5 Å². The third kappa shape index (κ3) is 8.33. The van der Waals surface area contributed by atoms with Crippen molar-refractivity contribution < 1.29 is 57.8 Å². The maximum absolute atomic E-state index is 14.6. The van der Waals surface area contributed by atoms with Gasteiger partial charge in [-0.15, -0.1) is 0 Å². The maximum atomic E-state index is 14.6. The summed E-state index contributed by atoms with van der Waals surface area (Å²) in [6.07, 6.45) is 3.42.